The van der Waals surface area contributed by atoms with Crippen molar-refractivity contribution in [3.63, 3.8) is 0 Å². The summed E-state index contributed by atoms with van der Waals surface area (Å²) in [5, 5.41) is 8.67. The fraction of sp³-hybridized carbons (Fsp3) is 0.500. The lowest BCUT2D eigenvalue weighted by Crippen LogP contribution is -2.03. The van der Waals surface area contributed by atoms with Crippen molar-refractivity contribution in [2.45, 2.75) is 19.8 Å². The van der Waals surface area contributed by atoms with Crippen LogP contribution in [-0.4, -0.2) is 25.4 Å². The second-order valence-corrected chi connectivity index (χ2v) is 3.64. The van der Waals surface area contributed by atoms with Gasteiger partial charge in [-0.05, 0) is 23.6 Å². The quantitative estimate of drug-likeness (QED) is 0.809. The molecule has 84 valence electrons. The molecule has 0 radical (unpaired) electrons. The Morgan fingerprint density at radius 1 is 1.27 bits per heavy atom. The summed E-state index contributed by atoms with van der Waals surface area (Å²) >= 11 is 0. The van der Waals surface area contributed by atoms with Crippen LogP contribution < -0.4 is 9.47 Å². The molecule has 0 atom stereocenters. The van der Waals surface area contributed by atoms with Crippen LogP contribution in [0.3, 0.4) is 0 Å². The van der Waals surface area contributed by atoms with Crippen LogP contribution in [-0.2, 0) is 0 Å². The second-order valence-electron chi connectivity index (χ2n) is 3.64. The first-order chi connectivity index (χ1) is 7.19. The summed E-state index contributed by atoms with van der Waals surface area (Å²) in [5.74, 6) is 1.86. The van der Waals surface area contributed by atoms with E-state index in [0.29, 0.717) is 11.7 Å². The van der Waals surface area contributed by atoms with E-state index in [2.05, 4.69) is 13.8 Å². The zero-order valence-corrected chi connectivity index (χ0v) is 9.49. The molecule has 0 aliphatic rings. The van der Waals surface area contributed by atoms with Crippen molar-refractivity contribution in [3.05, 3.63) is 23.8 Å². The topological polar surface area (TPSA) is 38.7 Å². The molecule has 0 amide bonds. The van der Waals surface area contributed by atoms with E-state index in [1.807, 2.05) is 18.2 Å². The summed E-state index contributed by atoms with van der Waals surface area (Å²) in [5.41, 5.74) is 1.21. The van der Waals surface area contributed by atoms with Crippen molar-refractivity contribution >= 4 is 0 Å². The van der Waals surface area contributed by atoms with Crippen LogP contribution in [0.2, 0.25) is 0 Å². The summed E-state index contributed by atoms with van der Waals surface area (Å²) in [6, 6.07) is 5.86. The van der Waals surface area contributed by atoms with Gasteiger partial charge in [-0.1, -0.05) is 19.9 Å². The molecule has 0 unspecified atom stereocenters. The van der Waals surface area contributed by atoms with Crippen LogP contribution in [0, 0.1) is 0 Å². The van der Waals surface area contributed by atoms with Crippen molar-refractivity contribution in [1.29, 1.82) is 0 Å². The highest BCUT2D eigenvalue weighted by Crippen LogP contribution is 2.30. The molecule has 0 aliphatic carbocycles. The number of aliphatic hydroxyl groups excluding tert-OH is 1. The molecule has 0 aliphatic heterocycles. The number of hydrogen-bond donors (Lipinski definition) is 1. The molecule has 1 aromatic rings. The van der Waals surface area contributed by atoms with Crippen molar-refractivity contribution < 1.29 is 14.6 Å². The molecule has 0 saturated heterocycles. The van der Waals surface area contributed by atoms with Gasteiger partial charge in [0, 0.05) is 0 Å². The predicted octanol–water partition coefficient (Wildman–Crippen LogP) is 2.19. The molecular formula is C12H18O3. The third kappa shape index (κ3) is 3.13. The molecule has 0 bridgehead atoms. The highest BCUT2D eigenvalue weighted by atomic mass is 16.5. The normalized spacial score (nSPS) is 10.5. The number of ether oxygens (including phenoxy) is 2. The van der Waals surface area contributed by atoms with E-state index in [9.17, 15) is 0 Å². The van der Waals surface area contributed by atoms with Gasteiger partial charge >= 0.3 is 0 Å². The molecule has 0 aromatic heterocycles. The van der Waals surface area contributed by atoms with Crippen LogP contribution in [0.1, 0.15) is 25.3 Å². The zero-order chi connectivity index (χ0) is 11.3. The molecule has 3 nitrogen and oxygen atoms in total. The Kier molecular flexibility index (Phi) is 4.43. The van der Waals surface area contributed by atoms with Crippen molar-refractivity contribution in [2.75, 3.05) is 20.3 Å². The summed E-state index contributed by atoms with van der Waals surface area (Å²) in [6.07, 6.45) is 0. The van der Waals surface area contributed by atoms with Gasteiger partial charge in [-0.2, -0.15) is 0 Å². The van der Waals surface area contributed by atoms with Crippen LogP contribution in [0.25, 0.3) is 0 Å². The minimum absolute atomic E-state index is 0.00901. The maximum atomic E-state index is 8.67. The van der Waals surface area contributed by atoms with Gasteiger partial charge in [0.2, 0.25) is 0 Å². The van der Waals surface area contributed by atoms with E-state index in [1.165, 1.54) is 5.56 Å². The number of benzene rings is 1. The van der Waals surface area contributed by atoms with Gasteiger partial charge in [0.25, 0.3) is 0 Å². The number of methoxy groups -OCH3 is 1. The standard InChI is InChI=1S/C12H18O3/c1-9(2)10-4-5-11(15-7-6-13)12(8-10)14-3/h4-5,8-9,13H,6-7H2,1-3H3. The van der Waals surface area contributed by atoms with Crippen molar-refractivity contribution in [2.24, 2.45) is 0 Å². The van der Waals surface area contributed by atoms with Crippen molar-refractivity contribution in [1.82, 2.24) is 0 Å². The van der Waals surface area contributed by atoms with Gasteiger partial charge in [-0.25, -0.2) is 0 Å². The van der Waals surface area contributed by atoms with E-state index < -0.39 is 0 Å². The maximum Gasteiger partial charge on any atom is 0.161 e. The SMILES string of the molecule is COc1cc(C(C)C)ccc1OCCO. The molecule has 1 rings (SSSR count). The molecule has 3 heteroatoms. The van der Waals surface area contributed by atoms with Crippen molar-refractivity contribution in [3.8, 4) is 11.5 Å². The first kappa shape index (κ1) is 11.9. The average Bonchev–Trinajstić information content (AvgIpc) is 2.25. The van der Waals surface area contributed by atoms with Gasteiger partial charge in [-0.15, -0.1) is 0 Å². The first-order valence-electron chi connectivity index (χ1n) is 5.10. The van der Waals surface area contributed by atoms with Gasteiger partial charge in [0.1, 0.15) is 6.61 Å². The van der Waals surface area contributed by atoms with Crippen LogP contribution >= 0.6 is 0 Å². The Bertz CT molecular complexity index is 308. The first-order valence-corrected chi connectivity index (χ1v) is 5.10. The number of hydrogen-bond acceptors (Lipinski definition) is 3. The lowest BCUT2D eigenvalue weighted by Gasteiger charge is -2.12. The molecule has 15 heavy (non-hydrogen) atoms. The van der Waals surface area contributed by atoms with Gasteiger partial charge in [-0.3, -0.25) is 0 Å². The number of aliphatic hydroxyl groups is 1. The van der Waals surface area contributed by atoms with Gasteiger partial charge in [0.05, 0.1) is 13.7 Å². The van der Waals surface area contributed by atoms with Gasteiger partial charge < -0.3 is 14.6 Å². The fourth-order valence-electron chi connectivity index (χ4n) is 1.32. The fourth-order valence-corrected chi connectivity index (χ4v) is 1.32. The van der Waals surface area contributed by atoms with Crippen LogP contribution in [0.15, 0.2) is 18.2 Å². The molecule has 0 saturated carbocycles. The predicted molar refractivity (Wildman–Crippen MR) is 59.7 cm³/mol. The van der Waals surface area contributed by atoms with Crippen LogP contribution in [0.4, 0.5) is 0 Å². The number of rotatable bonds is 5. The Balaban J connectivity index is 2.88. The average molecular weight is 210 g/mol. The molecule has 0 heterocycles. The molecule has 0 fully saturated rings. The molecule has 0 spiro atoms. The summed E-state index contributed by atoms with van der Waals surface area (Å²) < 4.78 is 10.6. The highest BCUT2D eigenvalue weighted by Gasteiger charge is 2.07. The zero-order valence-electron chi connectivity index (χ0n) is 9.49. The molecular weight excluding hydrogens is 192 g/mol. The largest absolute Gasteiger partial charge is 0.493 e. The maximum absolute atomic E-state index is 8.67. The minimum Gasteiger partial charge on any atom is -0.493 e. The monoisotopic (exact) mass is 210 g/mol. The van der Waals surface area contributed by atoms with Gasteiger partial charge in [0.15, 0.2) is 11.5 Å². The lowest BCUT2D eigenvalue weighted by atomic mass is 10.0. The Morgan fingerprint density at radius 2 is 2.00 bits per heavy atom. The van der Waals surface area contributed by atoms with E-state index in [-0.39, 0.29) is 13.2 Å². The third-order valence-electron chi connectivity index (χ3n) is 2.20. The van der Waals surface area contributed by atoms with Crippen LogP contribution in [0.5, 0.6) is 11.5 Å². The van der Waals surface area contributed by atoms with E-state index >= 15 is 0 Å². The van der Waals surface area contributed by atoms with E-state index in [1.54, 1.807) is 7.11 Å². The minimum atomic E-state index is 0.00901. The highest BCUT2D eigenvalue weighted by molar-refractivity contribution is 5.43. The van der Waals surface area contributed by atoms with E-state index in [4.69, 9.17) is 14.6 Å². The smallest absolute Gasteiger partial charge is 0.161 e. The molecule has 1 aromatic carbocycles. The third-order valence-corrected chi connectivity index (χ3v) is 2.20. The Morgan fingerprint density at radius 3 is 2.53 bits per heavy atom. The summed E-state index contributed by atoms with van der Waals surface area (Å²) in [6.45, 7) is 4.55. The lowest BCUT2D eigenvalue weighted by molar-refractivity contribution is 0.196. The second kappa shape index (κ2) is 5.61. The summed E-state index contributed by atoms with van der Waals surface area (Å²) in [4.78, 5) is 0. The molecule has 1 N–H and O–H groups in total. The summed E-state index contributed by atoms with van der Waals surface area (Å²) in [7, 11) is 1.62. The Hall–Kier alpha value is -1.22. The Labute approximate surface area is 90.6 Å². The van der Waals surface area contributed by atoms with E-state index in [0.717, 1.165) is 5.75 Å².